The lowest BCUT2D eigenvalue weighted by atomic mass is 9.95. The van der Waals surface area contributed by atoms with Crippen LogP contribution in [-0.4, -0.2) is 50.7 Å². The Kier molecular flexibility index (Phi) is 4.50. The molecular formula is C23H24FN3O2. The summed E-state index contributed by atoms with van der Waals surface area (Å²) < 4.78 is 15.7. The van der Waals surface area contributed by atoms with E-state index in [2.05, 4.69) is 22.1 Å². The summed E-state index contributed by atoms with van der Waals surface area (Å²) in [6, 6.07) is 16.7. The van der Waals surface area contributed by atoms with Crippen molar-refractivity contribution in [3.8, 4) is 5.69 Å². The van der Waals surface area contributed by atoms with E-state index in [0.717, 1.165) is 16.8 Å². The maximum atomic E-state index is 14.0. The van der Waals surface area contributed by atoms with Gasteiger partial charge in [-0.05, 0) is 47.2 Å². The van der Waals surface area contributed by atoms with Crippen molar-refractivity contribution in [3.63, 3.8) is 0 Å². The van der Waals surface area contributed by atoms with Crippen LogP contribution in [0.5, 0.6) is 0 Å². The van der Waals surface area contributed by atoms with Crippen LogP contribution in [-0.2, 0) is 6.54 Å². The van der Waals surface area contributed by atoms with Gasteiger partial charge in [-0.25, -0.2) is 9.07 Å². The summed E-state index contributed by atoms with van der Waals surface area (Å²) in [7, 11) is 0. The number of β-amino-alcohol motifs (C(OH)–C–C–N with tert-alkyl or cyclic N) is 1. The molecule has 2 heterocycles. The molecule has 150 valence electrons. The van der Waals surface area contributed by atoms with Gasteiger partial charge in [-0.3, -0.25) is 4.90 Å². The van der Waals surface area contributed by atoms with Gasteiger partial charge in [0.2, 0.25) is 0 Å². The molecule has 1 saturated carbocycles. The van der Waals surface area contributed by atoms with Crippen molar-refractivity contribution in [3.05, 3.63) is 83.9 Å². The molecule has 4 atom stereocenters. The highest BCUT2D eigenvalue weighted by Gasteiger charge is 2.70. The summed E-state index contributed by atoms with van der Waals surface area (Å²) in [6.45, 7) is 1.76. The van der Waals surface area contributed by atoms with Gasteiger partial charge in [0, 0.05) is 44.0 Å². The van der Waals surface area contributed by atoms with Crippen LogP contribution in [0.1, 0.15) is 17.0 Å². The van der Waals surface area contributed by atoms with Crippen LogP contribution in [0.2, 0.25) is 0 Å². The van der Waals surface area contributed by atoms with Crippen molar-refractivity contribution in [2.75, 3.05) is 19.7 Å². The summed E-state index contributed by atoms with van der Waals surface area (Å²) in [5.74, 6) is -0.0954. The van der Waals surface area contributed by atoms with Crippen LogP contribution in [0.15, 0.2) is 67.0 Å². The molecule has 2 N–H and O–H groups in total. The summed E-state index contributed by atoms with van der Waals surface area (Å²) in [5, 5.41) is 25.2. The molecule has 6 heteroatoms. The number of aliphatic hydroxyl groups excluding tert-OH is 2. The molecule has 0 amide bonds. The smallest absolute Gasteiger partial charge is 0.123 e. The van der Waals surface area contributed by atoms with Crippen LogP contribution >= 0.6 is 0 Å². The van der Waals surface area contributed by atoms with E-state index in [9.17, 15) is 14.6 Å². The minimum Gasteiger partial charge on any atom is -0.396 e. The van der Waals surface area contributed by atoms with Gasteiger partial charge < -0.3 is 10.2 Å². The fourth-order valence-corrected chi connectivity index (χ4v) is 5.34. The second-order valence-corrected chi connectivity index (χ2v) is 8.20. The lowest BCUT2D eigenvalue weighted by Gasteiger charge is -2.19. The highest BCUT2D eigenvalue weighted by Crippen LogP contribution is 2.68. The molecule has 3 aromatic rings. The van der Waals surface area contributed by atoms with Crippen molar-refractivity contribution in [2.24, 2.45) is 11.3 Å². The molecule has 0 unspecified atom stereocenters. The van der Waals surface area contributed by atoms with E-state index < -0.39 is 6.10 Å². The van der Waals surface area contributed by atoms with E-state index in [1.54, 1.807) is 23.0 Å². The third-order valence-corrected chi connectivity index (χ3v) is 6.65. The van der Waals surface area contributed by atoms with Crippen LogP contribution in [0, 0.1) is 17.2 Å². The van der Waals surface area contributed by atoms with E-state index in [4.69, 9.17) is 0 Å². The van der Waals surface area contributed by atoms with Gasteiger partial charge >= 0.3 is 0 Å². The molecule has 1 aliphatic heterocycles. The van der Waals surface area contributed by atoms with Gasteiger partial charge in [-0.1, -0.05) is 30.3 Å². The predicted molar refractivity (Wildman–Crippen MR) is 107 cm³/mol. The molecule has 1 aromatic heterocycles. The molecule has 1 saturated heterocycles. The first-order chi connectivity index (χ1) is 14.1. The lowest BCUT2D eigenvalue weighted by Crippen LogP contribution is -2.23. The Morgan fingerprint density at radius 3 is 2.69 bits per heavy atom. The van der Waals surface area contributed by atoms with Gasteiger partial charge in [-0.15, -0.1) is 0 Å². The Bertz CT molecular complexity index is 995. The molecule has 1 aliphatic carbocycles. The molecule has 2 fully saturated rings. The predicted octanol–water partition coefficient (Wildman–Crippen LogP) is 2.58. The quantitative estimate of drug-likeness (QED) is 0.700. The Morgan fingerprint density at radius 2 is 1.97 bits per heavy atom. The average molecular weight is 393 g/mol. The standard InChI is InChI=1S/C23H24FN3O2/c24-18-7-8-20(27-10-4-9-25-27)17(11-18)12-26-13-21(29)23(15-26)19(14-28)22(23)16-5-2-1-3-6-16/h1-11,19,21-22,28-29H,12-15H2/t19-,21-,22-,23-/m1/s1. The Labute approximate surface area is 169 Å². The van der Waals surface area contributed by atoms with E-state index in [1.807, 2.05) is 30.5 Å². The molecule has 1 spiro atoms. The summed E-state index contributed by atoms with van der Waals surface area (Å²) >= 11 is 0. The van der Waals surface area contributed by atoms with Crippen molar-refractivity contribution < 1.29 is 14.6 Å². The van der Waals surface area contributed by atoms with E-state index in [-0.39, 0.29) is 29.7 Å². The SMILES string of the molecule is OC[C@@H]1[C@@H](c2ccccc2)[C@]12CN(Cc1cc(F)ccc1-n1cccn1)C[C@H]2O. The zero-order valence-electron chi connectivity index (χ0n) is 16.0. The molecule has 2 aliphatic rings. The van der Waals surface area contributed by atoms with Crippen LogP contribution in [0.3, 0.4) is 0 Å². The number of aliphatic hydroxyl groups is 2. The van der Waals surface area contributed by atoms with Crippen molar-refractivity contribution in [2.45, 2.75) is 18.6 Å². The van der Waals surface area contributed by atoms with Gasteiger partial charge in [0.1, 0.15) is 5.82 Å². The number of halogens is 1. The summed E-state index contributed by atoms with van der Waals surface area (Å²) in [4.78, 5) is 2.16. The first kappa shape index (κ1) is 18.5. The third-order valence-electron chi connectivity index (χ3n) is 6.65. The molecular weight excluding hydrogens is 369 g/mol. The van der Waals surface area contributed by atoms with Gasteiger partial charge in [-0.2, -0.15) is 5.10 Å². The van der Waals surface area contributed by atoms with Crippen molar-refractivity contribution >= 4 is 0 Å². The largest absolute Gasteiger partial charge is 0.396 e. The highest BCUT2D eigenvalue weighted by molar-refractivity contribution is 5.41. The number of benzene rings is 2. The first-order valence-electron chi connectivity index (χ1n) is 9.98. The maximum absolute atomic E-state index is 14.0. The molecule has 0 radical (unpaired) electrons. The number of likely N-dealkylation sites (tertiary alicyclic amines) is 1. The van der Waals surface area contributed by atoms with Crippen molar-refractivity contribution in [1.82, 2.24) is 14.7 Å². The van der Waals surface area contributed by atoms with E-state index in [1.165, 1.54) is 6.07 Å². The first-order valence-corrected chi connectivity index (χ1v) is 9.98. The summed E-state index contributed by atoms with van der Waals surface area (Å²) in [5.41, 5.74) is 2.49. The minimum atomic E-state index is -0.522. The second-order valence-electron chi connectivity index (χ2n) is 8.20. The van der Waals surface area contributed by atoms with Crippen LogP contribution in [0.4, 0.5) is 4.39 Å². The highest BCUT2D eigenvalue weighted by atomic mass is 19.1. The number of hydrogen-bond donors (Lipinski definition) is 2. The monoisotopic (exact) mass is 393 g/mol. The maximum Gasteiger partial charge on any atom is 0.123 e. The second kappa shape index (κ2) is 7.06. The van der Waals surface area contributed by atoms with Gasteiger partial charge in [0.05, 0.1) is 11.8 Å². The summed E-state index contributed by atoms with van der Waals surface area (Å²) in [6.07, 6.45) is 3.01. The topological polar surface area (TPSA) is 61.5 Å². The van der Waals surface area contributed by atoms with Gasteiger partial charge in [0.25, 0.3) is 0 Å². The zero-order valence-corrected chi connectivity index (χ0v) is 16.0. The molecule has 29 heavy (non-hydrogen) atoms. The molecule has 5 rings (SSSR count). The fraction of sp³-hybridized carbons (Fsp3) is 0.348. The number of hydrogen-bond acceptors (Lipinski definition) is 4. The van der Waals surface area contributed by atoms with Crippen molar-refractivity contribution in [1.29, 1.82) is 0 Å². The van der Waals surface area contributed by atoms with E-state index in [0.29, 0.717) is 19.6 Å². The minimum absolute atomic E-state index is 0.0444. The van der Waals surface area contributed by atoms with Crippen LogP contribution < -0.4 is 0 Å². The Morgan fingerprint density at radius 1 is 1.14 bits per heavy atom. The zero-order chi connectivity index (χ0) is 20.0. The lowest BCUT2D eigenvalue weighted by molar-refractivity contribution is 0.111. The number of aromatic nitrogens is 2. The van der Waals surface area contributed by atoms with Gasteiger partial charge in [0.15, 0.2) is 0 Å². The Balaban J connectivity index is 1.41. The van der Waals surface area contributed by atoms with E-state index >= 15 is 0 Å². The fourth-order valence-electron chi connectivity index (χ4n) is 5.34. The third kappa shape index (κ3) is 2.99. The Hall–Kier alpha value is -2.54. The molecule has 5 nitrogen and oxygen atoms in total. The molecule has 2 aromatic carbocycles. The molecule has 0 bridgehead atoms. The average Bonchev–Trinajstić information content (AvgIpc) is 2.99. The van der Waals surface area contributed by atoms with Crippen LogP contribution in [0.25, 0.3) is 5.69 Å². The number of rotatable bonds is 5. The number of nitrogens with zero attached hydrogens (tertiary/aromatic N) is 3. The normalized spacial score (nSPS) is 28.9.